The summed E-state index contributed by atoms with van der Waals surface area (Å²) in [6.45, 7) is 1.34. The summed E-state index contributed by atoms with van der Waals surface area (Å²) in [7, 11) is 0. The van der Waals surface area contributed by atoms with Crippen LogP contribution in [-0.4, -0.2) is 19.3 Å². The fourth-order valence-corrected chi connectivity index (χ4v) is 2.01. The molecule has 1 aromatic rings. The number of hydrogen-bond donors (Lipinski definition) is 1. The predicted octanol–water partition coefficient (Wildman–Crippen LogP) is 1.87. The van der Waals surface area contributed by atoms with E-state index >= 15 is 0 Å². The van der Waals surface area contributed by atoms with E-state index in [1.54, 1.807) is 0 Å². The molecule has 2 unspecified atom stereocenters. The number of ether oxygens (including phenoxy) is 1. The number of halogens is 2. The minimum atomic E-state index is -0.425. The third-order valence-corrected chi connectivity index (χ3v) is 3.03. The Kier molecular flexibility index (Phi) is 3.51. The summed E-state index contributed by atoms with van der Waals surface area (Å²) < 4.78 is 31.5. The van der Waals surface area contributed by atoms with Gasteiger partial charge < -0.3 is 10.5 Å². The van der Waals surface area contributed by atoms with Crippen LogP contribution < -0.4 is 5.73 Å². The molecule has 1 aliphatic heterocycles. The highest BCUT2D eigenvalue weighted by atomic mass is 19.1. The highest BCUT2D eigenvalue weighted by Gasteiger charge is 2.23. The summed E-state index contributed by atoms with van der Waals surface area (Å²) in [6, 6.07) is 3.30. The Morgan fingerprint density at radius 3 is 2.94 bits per heavy atom. The quantitative estimate of drug-likeness (QED) is 0.855. The zero-order valence-corrected chi connectivity index (χ0v) is 8.96. The Hall–Kier alpha value is -1.00. The maximum absolute atomic E-state index is 13.4. The van der Waals surface area contributed by atoms with Gasteiger partial charge in [0.1, 0.15) is 11.6 Å². The van der Waals surface area contributed by atoms with E-state index in [0.29, 0.717) is 25.2 Å². The van der Waals surface area contributed by atoms with Gasteiger partial charge in [-0.3, -0.25) is 0 Å². The van der Waals surface area contributed by atoms with Gasteiger partial charge in [0.15, 0.2) is 0 Å². The predicted molar refractivity (Wildman–Crippen MR) is 57.0 cm³/mol. The summed E-state index contributed by atoms with van der Waals surface area (Å²) >= 11 is 0. The van der Waals surface area contributed by atoms with Crippen LogP contribution >= 0.6 is 0 Å². The summed E-state index contributed by atoms with van der Waals surface area (Å²) in [6.07, 6.45) is 1.26. The average molecular weight is 227 g/mol. The van der Waals surface area contributed by atoms with Gasteiger partial charge in [-0.2, -0.15) is 0 Å². The summed E-state index contributed by atoms with van der Waals surface area (Å²) in [4.78, 5) is 0. The minimum absolute atomic E-state index is 0.168. The fourth-order valence-electron chi connectivity index (χ4n) is 2.01. The van der Waals surface area contributed by atoms with Gasteiger partial charge in [0, 0.05) is 12.6 Å². The van der Waals surface area contributed by atoms with Crippen molar-refractivity contribution in [3.8, 4) is 0 Å². The van der Waals surface area contributed by atoms with Gasteiger partial charge in [-0.1, -0.05) is 0 Å². The van der Waals surface area contributed by atoms with E-state index in [1.807, 2.05) is 0 Å². The van der Waals surface area contributed by atoms with E-state index in [9.17, 15) is 8.78 Å². The lowest BCUT2D eigenvalue weighted by atomic mass is 9.93. The van der Waals surface area contributed by atoms with Crippen LogP contribution in [0.2, 0.25) is 0 Å². The van der Waals surface area contributed by atoms with Crippen LogP contribution in [-0.2, 0) is 11.2 Å². The maximum Gasteiger partial charge on any atom is 0.126 e. The Bertz CT molecular complexity index is 364. The van der Waals surface area contributed by atoms with Gasteiger partial charge in [-0.15, -0.1) is 0 Å². The molecule has 0 bridgehead atoms. The summed E-state index contributed by atoms with van der Waals surface area (Å²) in [5.41, 5.74) is 6.31. The average Bonchev–Trinajstić information content (AvgIpc) is 2.76. The molecule has 0 aromatic heterocycles. The first kappa shape index (κ1) is 11.5. The third-order valence-electron chi connectivity index (χ3n) is 3.03. The summed E-state index contributed by atoms with van der Waals surface area (Å²) in [5.74, 6) is -0.565. The Labute approximate surface area is 93.4 Å². The zero-order valence-electron chi connectivity index (χ0n) is 8.96. The van der Waals surface area contributed by atoms with Gasteiger partial charge >= 0.3 is 0 Å². The third kappa shape index (κ3) is 2.57. The van der Waals surface area contributed by atoms with E-state index in [4.69, 9.17) is 10.5 Å². The molecule has 0 amide bonds. The molecule has 0 spiro atoms. The monoisotopic (exact) mass is 227 g/mol. The smallest absolute Gasteiger partial charge is 0.126 e. The van der Waals surface area contributed by atoms with Crippen LogP contribution in [0.4, 0.5) is 8.78 Å². The van der Waals surface area contributed by atoms with Crippen LogP contribution in [0.15, 0.2) is 18.2 Å². The van der Waals surface area contributed by atoms with Gasteiger partial charge in [0.05, 0.1) is 6.61 Å². The topological polar surface area (TPSA) is 35.2 Å². The van der Waals surface area contributed by atoms with Crippen molar-refractivity contribution in [3.05, 3.63) is 35.4 Å². The van der Waals surface area contributed by atoms with E-state index < -0.39 is 11.6 Å². The number of benzene rings is 1. The van der Waals surface area contributed by atoms with Crippen molar-refractivity contribution in [1.29, 1.82) is 0 Å². The lowest BCUT2D eigenvalue weighted by Crippen LogP contribution is -2.32. The lowest BCUT2D eigenvalue weighted by Gasteiger charge is -2.17. The molecule has 0 radical (unpaired) electrons. The SMILES string of the molecule is NC(Cc1cc(F)ccc1F)C1CCOC1. The molecular formula is C12H15F2NO. The van der Waals surface area contributed by atoms with Crippen molar-refractivity contribution in [3.63, 3.8) is 0 Å². The van der Waals surface area contributed by atoms with Crippen LogP contribution in [0.3, 0.4) is 0 Å². The molecule has 2 nitrogen and oxygen atoms in total. The standard InChI is InChI=1S/C12H15F2NO/c13-10-1-2-11(14)9(5-10)6-12(15)8-3-4-16-7-8/h1-2,5,8,12H,3-4,6-7,15H2. The molecule has 1 saturated heterocycles. The Morgan fingerprint density at radius 1 is 1.44 bits per heavy atom. The highest BCUT2D eigenvalue weighted by molar-refractivity contribution is 5.20. The van der Waals surface area contributed by atoms with Crippen molar-refractivity contribution in [1.82, 2.24) is 0 Å². The molecule has 0 aliphatic carbocycles. The lowest BCUT2D eigenvalue weighted by molar-refractivity contribution is 0.180. The molecule has 2 N–H and O–H groups in total. The molecule has 2 rings (SSSR count). The molecule has 16 heavy (non-hydrogen) atoms. The molecule has 1 aromatic carbocycles. The minimum Gasteiger partial charge on any atom is -0.381 e. The van der Waals surface area contributed by atoms with Crippen molar-refractivity contribution < 1.29 is 13.5 Å². The normalized spacial score (nSPS) is 22.3. The number of rotatable bonds is 3. The number of nitrogens with two attached hydrogens (primary N) is 1. The van der Waals surface area contributed by atoms with E-state index in [-0.39, 0.29) is 12.0 Å². The van der Waals surface area contributed by atoms with E-state index in [2.05, 4.69) is 0 Å². The highest BCUT2D eigenvalue weighted by Crippen LogP contribution is 2.20. The first-order chi connectivity index (χ1) is 7.66. The van der Waals surface area contributed by atoms with Crippen LogP contribution in [0, 0.1) is 17.6 Å². The second-order valence-corrected chi connectivity index (χ2v) is 4.23. The molecule has 0 saturated carbocycles. The molecule has 1 fully saturated rings. The van der Waals surface area contributed by atoms with Crippen LogP contribution in [0.1, 0.15) is 12.0 Å². The van der Waals surface area contributed by atoms with E-state index in [1.165, 1.54) is 6.07 Å². The van der Waals surface area contributed by atoms with Crippen molar-refractivity contribution in [2.24, 2.45) is 11.7 Å². The maximum atomic E-state index is 13.4. The molecule has 1 heterocycles. The van der Waals surface area contributed by atoms with Crippen molar-refractivity contribution in [2.45, 2.75) is 18.9 Å². The molecule has 2 atom stereocenters. The molecule has 88 valence electrons. The Morgan fingerprint density at radius 2 is 2.25 bits per heavy atom. The van der Waals surface area contributed by atoms with Gasteiger partial charge in [0.2, 0.25) is 0 Å². The molecule has 1 aliphatic rings. The second kappa shape index (κ2) is 4.89. The first-order valence-corrected chi connectivity index (χ1v) is 5.44. The van der Waals surface area contributed by atoms with Crippen LogP contribution in [0.5, 0.6) is 0 Å². The van der Waals surface area contributed by atoms with Crippen molar-refractivity contribution >= 4 is 0 Å². The molecule has 4 heteroatoms. The zero-order chi connectivity index (χ0) is 11.5. The largest absolute Gasteiger partial charge is 0.381 e. The van der Waals surface area contributed by atoms with Crippen LogP contribution in [0.25, 0.3) is 0 Å². The molecular weight excluding hydrogens is 212 g/mol. The van der Waals surface area contributed by atoms with Gasteiger partial charge in [-0.25, -0.2) is 8.78 Å². The Balaban J connectivity index is 2.04. The number of hydrogen-bond acceptors (Lipinski definition) is 2. The fraction of sp³-hybridized carbons (Fsp3) is 0.500. The van der Waals surface area contributed by atoms with Crippen molar-refractivity contribution in [2.75, 3.05) is 13.2 Å². The summed E-state index contributed by atoms with van der Waals surface area (Å²) in [5, 5.41) is 0. The first-order valence-electron chi connectivity index (χ1n) is 5.44. The van der Waals surface area contributed by atoms with Gasteiger partial charge in [0.25, 0.3) is 0 Å². The van der Waals surface area contributed by atoms with E-state index in [0.717, 1.165) is 18.6 Å². The van der Waals surface area contributed by atoms with Gasteiger partial charge in [-0.05, 0) is 42.5 Å². The second-order valence-electron chi connectivity index (χ2n) is 4.23.